The minimum Gasteiger partial charge on any atom is -0.367 e. The summed E-state index contributed by atoms with van der Waals surface area (Å²) < 4.78 is 14.3. The predicted molar refractivity (Wildman–Crippen MR) is 128 cm³/mol. The van der Waals surface area contributed by atoms with Crippen LogP contribution in [-0.4, -0.2) is 66.2 Å². The molecule has 6 rings (SSSR count). The van der Waals surface area contributed by atoms with Gasteiger partial charge in [-0.2, -0.15) is 0 Å². The molecule has 1 aliphatic carbocycles. The molecule has 0 bridgehead atoms. The SMILES string of the molecule is O=C(C1CC1)N1CCN(c2ccnc3[nH]c(-c4ccc(C5CCNCC5F)cc4)cc23)CC1. The van der Waals surface area contributed by atoms with Crippen LogP contribution in [-0.2, 0) is 4.79 Å². The Labute approximate surface area is 193 Å². The molecule has 2 aromatic heterocycles. The predicted octanol–water partition coefficient (Wildman–Crippen LogP) is 3.70. The number of nitrogens with one attached hydrogen (secondary N) is 2. The van der Waals surface area contributed by atoms with E-state index < -0.39 is 6.17 Å². The van der Waals surface area contributed by atoms with Gasteiger partial charge in [0.15, 0.2) is 0 Å². The quantitative estimate of drug-likeness (QED) is 0.640. The highest BCUT2D eigenvalue weighted by molar-refractivity contribution is 5.94. The minimum atomic E-state index is -0.829. The molecule has 33 heavy (non-hydrogen) atoms. The number of fused-ring (bicyclic) bond motifs is 1. The maximum absolute atomic E-state index is 14.3. The molecule has 2 unspecified atom stereocenters. The number of nitrogens with zero attached hydrogens (tertiary/aromatic N) is 3. The third kappa shape index (κ3) is 3.99. The molecule has 0 radical (unpaired) electrons. The topological polar surface area (TPSA) is 64.3 Å². The zero-order chi connectivity index (χ0) is 22.4. The zero-order valence-electron chi connectivity index (χ0n) is 18.8. The number of amides is 1. The smallest absolute Gasteiger partial charge is 0.225 e. The van der Waals surface area contributed by atoms with Crippen LogP contribution in [0.1, 0.15) is 30.7 Å². The number of aromatic nitrogens is 2. The fourth-order valence-electron chi connectivity index (χ4n) is 5.31. The number of carbonyl (C=O) groups excluding carboxylic acids is 1. The third-order valence-electron chi connectivity index (χ3n) is 7.43. The number of piperazine rings is 1. The van der Waals surface area contributed by atoms with Gasteiger partial charge in [-0.1, -0.05) is 24.3 Å². The van der Waals surface area contributed by atoms with E-state index in [4.69, 9.17) is 0 Å². The van der Waals surface area contributed by atoms with Crippen molar-refractivity contribution in [3.05, 3.63) is 48.2 Å². The molecule has 3 aliphatic rings. The minimum absolute atomic E-state index is 0.0262. The van der Waals surface area contributed by atoms with Crippen LogP contribution in [0.25, 0.3) is 22.3 Å². The summed E-state index contributed by atoms with van der Waals surface area (Å²) in [5, 5.41) is 4.22. The van der Waals surface area contributed by atoms with Crippen LogP contribution in [0.2, 0.25) is 0 Å². The Morgan fingerprint density at radius 2 is 1.82 bits per heavy atom. The molecule has 1 saturated carbocycles. The number of benzene rings is 1. The van der Waals surface area contributed by atoms with Crippen LogP contribution in [0.4, 0.5) is 10.1 Å². The van der Waals surface area contributed by atoms with E-state index in [1.54, 1.807) is 0 Å². The summed E-state index contributed by atoms with van der Waals surface area (Å²) in [6.07, 6.45) is 3.97. The molecule has 1 amide bonds. The van der Waals surface area contributed by atoms with Crippen LogP contribution < -0.4 is 10.2 Å². The molecular formula is C26H30FN5O. The van der Waals surface area contributed by atoms with Crippen LogP contribution in [0.3, 0.4) is 0 Å². The van der Waals surface area contributed by atoms with Crippen molar-refractivity contribution in [2.75, 3.05) is 44.2 Å². The van der Waals surface area contributed by atoms with Gasteiger partial charge in [0.05, 0.1) is 0 Å². The lowest BCUT2D eigenvalue weighted by Crippen LogP contribution is -2.49. The highest BCUT2D eigenvalue weighted by Gasteiger charge is 2.34. The number of pyridine rings is 1. The van der Waals surface area contributed by atoms with Crippen molar-refractivity contribution in [2.24, 2.45) is 5.92 Å². The number of rotatable bonds is 4. The monoisotopic (exact) mass is 447 g/mol. The number of hydrogen-bond donors (Lipinski definition) is 2. The first-order valence-corrected chi connectivity index (χ1v) is 12.1. The van der Waals surface area contributed by atoms with Crippen LogP contribution in [0.5, 0.6) is 0 Å². The number of H-pyrrole nitrogens is 1. The van der Waals surface area contributed by atoms with Crippen molar-refractivity contribution in [1.82, 2.24) is 20.2 Å². The Morgan fingerprint density at radius 1 is 1.03 bits per heavy atom. The van der Waals surface area contributed by atoms with Crippen LogP contribution in [0, 0.1) is 5.92 Å². The molecule has 2 atom stereocenters. The third-order valence-corrected chi connectivity index (χ3v) is 7.43. The fourth-order valence-corrected chi connectivity index (χ4v) is 5.31. The largest absolute Gasteiger partial charge is 0.367 e. The maximum Gasteiger partial charge on any atom is 0.225 e. The molecule has 172 valence electrons. The summed E-state index contributed by atoms with van der Waals surface area (Å²) in [6, 6.07) is 12.5. The first-order chi connectivity index (χ1) is 16.2. The van der Waals surface area contributed by atoms with Crippen molar-refractivity contribution in [1.29, 1.82) is 0 Å². The number of aromatic amines is 1. The first kappa shape index (κ1) is 20.7. The van der Waals surface area contributed by atoms with Crippen molar-refractivity contribution >= 4 is 22.6 Å². The summed E-state index contributed by atoms with van der Waals surface area (Å²) in [4.78, 5) is 24.8. The fraction of sp³-hybridized carbons (Fsp3) is 0.462. The lowest BCUT2D eigenvalue weighted by Gasteiger charge is -2.36. The standard InChI is InChI=1S/C26H30FN5O/c27-22-16-28-9-7-20(22)17-1-3-18(4-2-17)23-15-21-24(8-10-29-25(21)30-23)31-11-13-32(14-12-31)26(33)19-5-6-19/h1-4,8,10,15,19-20,22,28H,5-7,9,11-14,16H2,(H,29,30). The molecule has 4 heterocycles. The summed E-state index contributed by atoms with van der Waals surface area (Å²) in [6.45, 7) is 4.55. The van der Waals surface area contributed by atoms with Crippen molar-refractivity contribution in [3.8, 4) is 11.3 Å². The highest BCUT2D eigenvalue weighted by Crippen LogP contribution is 2.34. The van der Waals surface area contributed by atoms with Gasteiger partial charge >= 0.3 is 0 Å². The molecule has 2 saturated heterocycles. The van der Waals surface area contributed by atoms with Crippen LogP contribution in [0.15, 0.2) is 42.6 Å². The number of piperidine rings is 1. The Hall–Kier alpha value is -2.93. The highest BCUT2D eigenvalue weighted by atomic mass is 19.1. The van der Waals surface area contributed by atoms with E-state index in [9.17, 15) is 9.18 Å². The Kier molecular flexibility index (Phi) is 5.29. The molecule has 0 spiro atoms. The summed E-state index contributed by atoms with van der Waals surface area (Å²) in [5.41, 5.74) is 5.19. The van der Waals surface area contributed by atoms with Gasteiger partial charge in [-0.3, -0.25) is 4.79 Å². The van der Waals surface area contributed by atoms with Gasteiger partial charge in [0.25, 0.3) is 0 Å². The van der Waals surface area contributed by atoms with Crippen molar-refractivity contribution in [2.45, 2.75) is 31.4 Å². The maximum atomic E-state index is 14.3. The molecule has 3 fully saturated rings. The van der Waals surface area contributed by atoms with Gasteiger partial charge in [-0.05, 0) is 49.1 Å². The summed E-state index contributed by atoms with van der Waals surface area (Å²) in [7, 11) is 0. The summed E-state index contributed by atoms with van der Waals surface area (Å²) >= 11 is 0. The van der Waals surface area contributed by atoms with Gasteiger partial charge in [-0.15, -0.1) is 0 Å². The average molecular weight is 448 g/mol. The molecule has 2 N–H and O–H groups in total. The van der Waals surface area contributed by atoms with E-state index in [2.05, 4.69) is 56.6 Å². The van der Waals surface area contributed by atoms with E-state index in [1.807, 2.05) is 11.1 Å². The molecular weight excluding hydrogens is 417 g/mol. The zero-order valence-corrected chi connectivity index (χ0v) is 18.8. The van der Waals surface area contributed by atoms with E-state index in [1.165, 1.54) is 0 Å². The molecule has 3 aromatic rings. The molecule has 2 aliphatic heterocycles. The lowest BCUT2D eigenvalue weighted by molar-refractivity contribution is -0.132. The lowest BCUT2D eigenvalue weighted by atomic mass is 9.88. The second-order valence-electron chi connectivity index (χ2n) is 9.60. The van der Waals surface area contributed by atoms with E-state index in [0.717, 1.165) is 85.5 Å². The normalized spacial score (nSPS) is 23.8. The van der Waals surface area contributed by atoms with Gasteiger partial charge in [0.2, 0.25) is 5.91 Å². The first-order valence-electron chi connectivity index (χ1n) is 12.1. The number of carbonyl (C=O) groups is 1. The van der Waals surface area contributed by atoms with Crippen LogP contribution >= 0.6 is 0 Å². The number of hydrogen-bond acceptors (Lipinski definition) is 4. The molecule has 7 heteroatoms. The molecule has 1 aromatic carbocycles. The molecule has 6 nitrogen and oxygen atoms in total. The van der Waals surface area contributed by atoms with E-state index in [0.29, 0.717) is 12.5 Å². The van der Waals surface area contributed by atoms with E-state index >= 15 is 0 Å². The van der Waals surface area contributed by atoms with Crippen molar-refractivity contribution < 1.29 is 9.18 Å². The van der Waals surface area contributed by atoms with Gasteiger partial charge in [0.1, 0.15) is 11.8 Å². The van der Waals surface area contributed by atoms with Gasteiger partial charge in [-0.25, -0.2) is 9.37 Å². The number of alkyl halides is 1. The Bertz CT molecular complexity index is 1150. The average Bonchev–Trinajstić information content (AvgIpc) is 3.62. The van der Waals surface area contributed by atoms with Crippen molar-refractivity contribution in [3.63, 3.8) is 0 Å². The summed E-state index contributed by atoms with van der Waals surface area (Å²) in [5.74, 6) is 0.598. The number of halogens is 1. The Morgan fingerprint density at radius 3 is 2.55 bits per heavy atom. The number of anilines is 1. The Balaban J connectivity index is 1.21. The second kappa shape index (κ2) is 8.45. The van der Waals surface area contributed by atoms with E-state index in [-0.39, 0.29) is 11.8 Å². The second-order valence-corrected chi connectivity index (χ2v) is 9.60. The van der Waals surface area contributed by atoms with Gasteiger partial charge < -0.3 is 20.1 Å². The van der Waals surface area contributed by atoms with Gasteiger partial charge in [0, 0.05) is 67.5 Å².